The molecule has 196 valence electrons. The molecule has 0 fully saturated rings. The van der Waals surface area contributed by atoms with Crippen molar-refractivity contribution in [1.29, 1.82) is 0 Å². The van der Waals surface area contributed by atoms with Gasteiger partial charge in [0, 0.05) is 28.4 Å². The summed E-state index contributed by atoms with van der Waals surface area (Å²) in [5.74, 6) is -0.745. The number of hydrogen-bond donors (Lipinski definition) is 4. The molecule has 1 heterocycles. The number of rotatable bonds is 7. The van der Waals surface area contributed by atoms with Crippen LogP contribution in [0.25, 0.3) is 11.1 Å². The van der Waals surface area contributed by atoms with E-state index in [9.17, 15) is 24.8 Å². The second kappa shape index (κ2) is 11.1. The van der Waals surface area contributed by atoms with E-state index in [2.05, 4.69) is 5.32 Å². The van der Waals surface area contributed by atoms with E-state index in [0.29, 0.717) is 16.3 Å². The zero-order valence-corrected chi connectivity index (χ0v) is 21.8. The SMILES string of the molecule is COc1cn(C(C)C(=O)Nc2ccc(C(=O)OC(C)(C)C)cc2)c(=O)cc1-c1cc(Cl)ccc1[NH+](O)O. The summed E-state index contributed by atoms with van der Waals surface area (Å²) in [5.41, 5.74) is 0.210. The Morgan fingerprint density at radius 2 is 1.70 bits per heavy atom. The molecule has 3 rings (SSSR count). The molecule has 0 spiro atoms. The standard InChI is InChI=1S/C26H28ClN3O7/c1-15(24(32)28-18-9-6-16(7-10-18)25(33)37-26(2,3)4)29-14-22(36-5)20(13-23(29)31)19-12-17(27)8-11-21(19)30(34)35/h6-15,34-35H,1-5H3,(H,28,32)/p+1. The molecule has 11 heteroatoms. The number of halogens is 1. The van der Waals surface area contributed by atoms with E-state index in [-0.39, 0.29) is 22.6 Å². The summed E-state index contributed by atoms with van der Waals surface area (Å²) in [7, 11) is 1.39. The average molecular weight is 531 g/mol. The summed E-state index contributed by atoms with van der Waals surface area (Å²) in [5, 5.41) is 21.4. The van der Waals surface area contributed by atoms with E-state index in [0.717, 1.165) is 0 Å². The van der Waals surface area contributed by atoms with Crippen molar-refractivity contribution >= 4 is 34.9 Å². The molecule has 0 radical (unpaired) electrons. The average Bonchev–Trinajstić information content (AvgIpc) is 2.82. The lowest BCUT2D eigenvalue weighted by atomic mass is 10.0. The smallest absolute Gasteiger partial charge is 0.338 e. The third-order valence-corrected chi connectivity index (χ3v) is 5.60. The van der Waals surface area contributed by atoms with Gasteiger partial charge >= 0.3 is 5.97 Å². The quantitative estimate of drug-likeness (QED) is 0.271. The summed E-state index contributed by atoms with van der Waals surface area (Å²) in [4.78, 5) is 38.1. The van der Waals surface area contributed by atoms with E-state index in [1.54, 1.807) is 39.8 Å². The van der Waals surface area contributed by atoms with Crippen LogP contribution in [0, 0.1) is 0 Å². The molecule has 10 nitrogen and oxygen atoms in total. The van der Waals surface area contributed by atoms with Gasteiger partial charge in [-0.05, 0) is 69.3 Å². The predicted octanol–water partition coefficient (Wildman–Crippen LogP) is 3.63. The van der Waals surface area contributed by atoms with E-state index in [1.165, 1.54) is 54.3 Å². The zero-order valence-electron chi connectivity index (χ0n) is 21.0. The molecule has 0 aliphatic rings. The highest BCUT2D eigenvalue weighted by Crippen LogP contribution is 2.34. The fourth-order valence-corrected chi connectivity index (χ4v) is 3.71. The van der Waals surface area contributed by atoms with Crippen LogP contribution in [0.1, 0.15) is 44.1 Å². The van der Waals surface area contributed by atoms with E-state index in [1.807, 2.05) is 0 Å². The number of carbonyl (C=O) groups excluding carboxylic acids is 2. The molecular formula is C26H29ClN3O7+. The Kier molecular flexibility index (Phi) is 8.39. The molecule has 0 saturated carbocycles. The number of pyridine rings is 1. The van der Waals surface area contributed by atoms with Crippen molar-refractivity contribution in [2.45, 2.75) is 39.3 Å². The van der Waals surface area contributed by atoms with Crippen LogP contribution in [0.15, 0.2) is 59.5 Å². The van der Waals surface area contributed by atoms with Gasteiger partial charge in [-0.1, -0.05) is 11.6 Å². The van der Waals surface area contributed by atoms with Crippen molar-refractivity contribution in [3.8, 4) is 16.9 Å². The molecule has 1 aromatic heterocycles. The van der Waals surface area contributed by atoms with Gasteiger partial charge in [0.1, 0.15) is 17.4 Å². The first-order chi connectivity index (χ1) is 17.3. The van der Waals surface area contributed by atoms with Crippen molar-refractivity contribution in [3.63, 3.8) is 0 Å². The molecule has 0 saturated heterocycles. The second-order valence-electron chi connectivity index (χ2n) is 9.26. The number of aromatic nitrogens is 1. The maximum Gasteiger partial charge on any atom is 0.338 e. The number of nitrogens with zero attached hydrogens (tertiary/aromatic N) is 1. The molecule has 1 amide bonds. The van der Waals surface area contributed by atoms with Crippen molar-refractivity contribution < 1.29 is 34.7 Å². The van der Waals surface area contributed by atoms with Crippen LogP contribution in [-0.4, -0.2) is 39.6 Å². The molecule has 1 atom stereocenters. The highest BCUT2D eigenvalue weighted by atomic mass is 35.5. The van der Waals surface area contributed by atoms with E-state index < -0.39 is 34.3 Å². The van der Waals surface area contributed by atoms with Crippen LogP contribution in [0.4, 0.5) is 11.4 Å². The highest BCUT2D eigenvalue weighted by Gasteiger charge is 2.23. The summed E-state index contributed by atoms with van der Waals surface area (Å²) in [6.45, 7) is 6.86. The maximum absolute atomic E-state index is 13.0. The second-order valence-corrected chi connectivity index (χ2v) is 9.70. The topological polar surface area (TPSA) is 132 Å². The van der Waals surface area contributed by atoms with Crippen LogP contribution < -0.4 is 20.8 Å². The zero-order chi connectivity index (χ0) is 27.5. The maximum atomic E-state index is 13.0. The lowest BCUT2D eigenvalue weighted by molar-refractivity contribution is -1.19. The number of amides is 1. The van der Waals surface area contributed by atoms with Gasteiger partial charge in [-0.15, -0.1) is 0 Å². The first kappa shape index (κ1) is 27.9. The Morgan fingerprint density at radius 1 is 1.05 bits per heavy atom. The van der Waals surface area contributed by atoms with Crippen molar-refractivity contribution in [1.82, 2.24) is 4.57 Å². The van der Waals surface area contributed by atoms with Gasteiger partial charge in [0.05, 0.1) is 24.4 Å². The van der Waals surface area contributed by atoms with Crippen molar-refractivity contribution in [3.05, 3.63) is 75.7 Å². The largest absolute Gasteiger partial charge is 0.495 e. The molecule has 0 bridgehead atoms. The predicted molar refractivity (Wildman–Crippen MR) is 137 cm³/mol. The van der Waals surface area contributed by atoms with Gasteiger partial charge in [0.15, 0.2) is 0 Å². The normalized spacial score (nSPS) is 12.2. The third-order valence-electron chi connectivity index (χ3n) is 5.36. The number of quaternary nitrogens is 1. The number of hydrogen-bond acceptors (Lipinski definition) is 7. The molecule has 4 N–H and O–H groups in total. The van der Waals surface area contributed by atoms with Gasteiger partial charge in [0.25, 0.3) is 5.56 Å². The van der Waals surface area contributed by atoms with Crippen LogP contribution >= 0.6 is 11.6 Å². The lowest BCUT2D eigenvalue weighted by Gasteiger charge is -2.20. The number of methoxy groups -OCH3 is 1. The number of anilines is 1. The molecule has 2 aromatic carbocycles. The minimum absolute atomic E-state index is 0.0560. The van der Waals surface area contributed by atoms with Crippen LogP contribution in [0.3, 0.4) is 0 Å². The van der Waals surface area contributed by atoms with Gasteiger partial charge in [-0.2, -0.15) is 10.4 Å². The number of esters is 1. The molecular weight excluding hydrogens is 502 g/mol. The Labute approximate surface area is 218 Å². The Morgan fingerprint density at radius 3 is 2.27 bits per heavy atom. The first-order valence-electron chi connectivity index (χ1n) is 11.3. The van der Waals surface area contributed by atoms with Crippen molar-refractivity contribution in [2.75, 3.05) is 12.4 Å². The van der Waals surface area contributed by atoms with E-state index >= 15 is 0 Å². The van der Waals surface area contributed by atoms with Gasteiger partial charge in [0.2, 0.25) is 11.6 Å². The van der Waals surface area contributed by atoms with Crippen LogP contribution in [0.5, 0.6) is 5.75 Å². The number of ether oxygens (including phenoxy) is 2. The monoisotopic (exact) mass is 530 g/mol. The number of benzene rings is 2. The minimum atomic E-state index is -0.941. The van der Waals surface area contributed by atoms with Gasteiger partial charge < -0.3 is 14.8 Å². The number of nitrogens with one attached hydrogen (secondary N) is 2. The minimum Gasteiger partial charge on any atom is -0.495 e. The van der Waals surface area contributed by atoms with Crippen LogP contribution in [0.2, 0.25) is 5.02 Å². The Hall–Kier alpha value is -3.70. The summed E-state index contributed by atoms with van der Waals surface area (Å²) >= 11 is 6.09. The van der Waals surface area contributed by atoms with Crippen LogP contribution in [-0.2, 0) is 9.53 Å². The van der Waals surface area contributed by atoms with Gasteiger partial charge in [-0.25, -0.2) is 4.79 Å². The number of carbonyl (C=O) groups is 2. The fraction of sp³-hybridized carbons (Fsp3) is 0.269. The summed E-state index contributed by atoms with van der Waals surface area (Å²) in [6, 6.07) is 10.9. The molecule has 37 heavy (non-hydrogen) atoms. The van der Waals surface area contributed by atoms with Crippen molar-refractivity contribution in [2.24, 2.45) is 0 Å². The molecule has 0 aliphatic carbocycles. The Bertz CT molecular complexity index is 1360. The van der Waals surface area contributed by atoms with Gasteiger partial charge in [-0.3, -0.25) is 14.2 Å². The van der Waals surface area contributed by atoms with E-state index in [4.69, 9.17) is 21.1 Å². The summed E-state index contributed by atoms with van der Waals surface area (Å²) in [6.07, 6.45) is 1.37. The molecule has 1 unspecified atom stereocenters. The first-order valence-corrected chi connectivity index (χ1v) is 11.7. The molecule has 3 aromatic rings. The molecule has 0 aliphatic heterocycles. The third kappa shape index (κ3) is 6.75. The summed E-state index contributed by atoms with van der Waals surface area (Å²) < 4.78 is 12.0. The Balaban J connectivity index is 1.86. The highest BCUT2D eigenvalue weighted by molar-refractivity contribution is 6.31. The fourth-order valence-electron chi connectivity index (χ4n) is 3.54. The lowest BCUT2D eigenvalue weighted by Crippen LogP contribution is -3.02.